The molecule has 3 aromatic rings. The first kappa shape index (κ1) is 14.1. The zero-order chi connectivity index (χ0) is 15.0. The Morgan fingerprint density at radius 2 is 2.10 bits per heavy atom. The SMILES string of the molecule is C[C@@H](Nc1cc(Cl)nc2nccn12)c1ccc(Cl)cc1F. The molecule has 1 N–H and O–H groups in total. The molecule has 0 saturated carbocycles. The Bertz CT molecular complexity index is 803. The van der Waals surface area contributed by atoms with Crippen molar-refractivity contribution in [3.05, 3.63) is 58.2 Å². The summed E-state index contributed by atoms with van der Waals surface area (Å²) in [6.07, 6.45) is 3.38. The highest BCUT2D eigenvalue weighted by Gasteiger charge is 2.13. The lowest BCUT2D eigenvalue weighted by Crippen LogP contribution is -2.11. The summed E-state index contributed by atoms with van der Waals surface area (Å²) >= 11 is 11.7. The summed E-state index contributed by atoms with van der Waals surface area (Å²) in [6.45, 7) is 1.85. The molecule has 0 saturated heterocycles. The number of halogens is 3. The normalized spacial score (nSPS) is 12.6. The lowest BCUT2D eigenvalue weighted by atomic mass is 10.1. The molecule has 7 heteroatoms. The topological polar surface area (TPSA) is 42.2 Å². The third-order valence-electron chi connectivity index (χ3n) is 3.14. The molecule has 0 aliphatic rings. The van der Waals surface area contributed by atoms with Crippen LogP contribution in [0.3, 0.4) is 0 Å². The van der Waals surface area contributed by atoms with Gasteiger partial charge >= 0.3 is 0 Å². The first-order chi connectivity index (χ1) is 10.0. The molecular weight excluding hydrogens is 314 g/mol. The average Bonchev–Trinajstić information content (AvgIpc) is 2.86. The molecule has 4 nitrogen and oxygen atoms in total. The van der Waals surface area contributed by atoms with Crippen LogP contribution >= 0.6 is 23.2 Å². The minimum absolute atomic E-state index is 0.272. The van der Waals surface area contributed by atoms with Gasteiger partial charge in [-0.1, -0.05) is 29.3 Å². The molecule has 0 spiro atoms. The third-order valence-corrected chi connectivity index (χ3v) is 3.57. The average molecular weight is 325 g/mol. The highest BCUT2D eigenvalue weighted by atomic mass is 35.5. The molecule has 3 rings (SSSR count). The van der Waals surface area contributed by atoms with Crippen molar-refractivity contribution >= 4 is 34.8 Å². The number of imidazole rings is 1. The maximum Gasteiger partial charge on any atom is 0.236 e. The lowest BCUT2D eigenvalue weighted by Gasteiger charge is -2.17. The van der Waals surface area contributed by atoms with Crippen molar-refractivity contribution in [1.82, 2.24) is 14.4 Å². The van der Waals surface area contributed by atoms with E-state index in [0.717, 1.165) is 0 Å². The van der Waals surface area contributed by atoms with E-state index in [1.807, 2.05) is 6.92 Å². The number of hydrogen-bond donors (Lipinski definition) is 1. The zero-order valence-electron chi connectivity index (χ0n) is 11.0. The van der Waals surface area contributed by atoms with Gasteiger partial charge in [0.25, 0.3) is 0 Å². The van der Waals surface area contributed by atoms with Gasteiger partial charge in [0.2, 0.25) is 5.78 Å². The van der Waals surface area contributed by atoms with Crippen molar-refractivity contribution in [3.63, 3.8) is 0 Å². The zero-order valence-corrected chi connectivity index (χ0v) is 12.5. The summed E-state index contributed by atoms with van der Waals surface area (Å²) in [5, 5.41) is 3.89. The van der Waals surface area contributed by atoms with Crippen molar-refractivity contribution < 1.29 is 4.39 Å². The fraction of sp³-hybridized carbons (Fsp3) is 0.143. The number of nitrogens with one attached hydrogen (secondary N) is 1. The molecule has 0 aliphatic heterocycles. The van der Waals surface area contributed by atoms with E-state index in [-0.39, 0.29) is 11.9 Å². The van der Waals surface area contributed by atoms with Gasteiger partial charge in [-0.25, -0.2) is 14.4 Å². The molecule has 1 aromatic carbocycles. The Morgan fingerprint density at radius 3 is 2.86 bits per heavy atom. The standard InChI is InChI=1S/C14H11Cl2FN4/c1-8(10-3-2-9(15)6-11(10)17)19-13-7-12(16)20-14-18-4-5-21(13)14/h2-8,19H,1H3/t8-/m1/s1. The van der Waals surface area contributed by atoms with Crippen LogP contribution < -0.4 is 5.32 Å². The number of fused-ring (bicyclic) bond motifs is 1. The largest absolute Gasteiger partial charge is 0.364 e. The van der Waals surface area contributed by atoms with Crippen LogP contribution in [0.4, 0.5) is 10.2 Å². The van der Waals surface area contributed by atoms with Gasteiger partial charge in [-0.05, 0) is 19.1 Å². The lowest BCUT2D eigenvalue weighted by molar-refractivity contribution is 0.600. The molecule has 2 aromatic heterocycles. The van der Waals surface area contributed by atoms with E-state index >= 15 is 0 Å². The van der Waals surface area contributed by atoms with Crippen LogP contribution in [0.1, 0.15) is 18.5 Å². The molecule has 0 aliphatic carbocycles. The minimum atomic E-state index is -0.357. The molecule has 0 amide bonds. The molecule has 0 bridgehead atoms. The molecule has 0 fully saturated rings. The molecule has 0 radical (unpaired) electrons. The van der Waals surface area contributed by atoms with E-state index in [2.05, 4.69) is 15.3 Å². The Kier molecular flexibility index (Phi) is 3.69. The number of nitrogens with zero attached hydrogens (tertiary/aromatic N) is 3. The summed E-state index contributed by atoms with van der Waals surface area (Å²) in [5.41, 5.74) is 0.514. The van der Waals surface area contributed by atoms with Gasteiger partial charge in [0.1, 0.15) is 16.8 Å². The van der Waals surface area contributed by atoms with Crippen LogP contribution in [-0.2, 0) is 0 Å². The van der Waals surface area contributed by atoms with Gasteiger partial charge in [-0.2, -0.15) is 0 Å². The van der Waals surface area contributed by atoms with Gasteiger partial charge in [0.15, 0.2) is 0 Å². The van der Waals surface area contributed by atoms with E-state index in [4.69, 9.17) is 23.2 Å². The predicted molar refractivity (Wildman–Crippen MR) is 81.4 cm³/mol. The monoisotopic (exact) mass is 324 g/mol. The van der Waals surface area contributed by atoms with Crippen molar-refractivity contribution in [2.75, 3.05) is 5.32 Å². The van der Waals surface area contributed by atoms with Crippen molar-refractivity contribution in [2.24, 2.45) is 0 Å². The highest BCUT2D eigenvalue weighted by molar-refractivity contribution is 6.30. The van der Waals surface area contributed by atoms with Crippen molar-refractivity contribution in [3.8, 4) is 0 Å². The van der Waals surface area contributed by atoms with Crippen molar-refractivity contribution in [2.45, 2.75) is 13.0 Å². The molecule has 0 unspecified atom stereocenters. The number of hydrogen-bond acceptors (Lipinski definition) is 3. The number of rotatable bonds is 3. The number of aromatic nitrogens is 3. The van der Waals surface area contributed by atoms with Gasteiger partial charge in [0, 0.05) is 29.0 Å². The second-order valence-electron chi connectivity index (χ2n) is 4.59. The smallest absolute Gasteiger partial charge is 0.236 e. The summed E-state index contributed by atoms with van der Waals surface area (Å²) in [5.74, 6) is 0.808. The molecule has 2 heterocycles. The van der Waals surface area contributed by atoms with Gasteiger partial charge in [-0.3, -0.25) is 4.40 Å². The quantitative estimate of drug-likeness (QED) is 0.728. The van der Waals surface area contributed by atoms with Gasteiger partial charge in [-0.15, -0.1) is 0 Å². The molecule has 108 valence electrons. The van der Waals surface area contributed by atoms with Gasteiger partial charge < -0.3 is 5.32 Å². The summed E-state index contributed by atoms with van der Waals surface area (Å²) in [6, 6.07) is 6.00. The maximum absolute atomic E-state index is 14.0. The van der Waals surface area contributed by atoms with Crippen LogP contribution in [0, 0.1) is 5.82 Å². The van der Waals surface area contributed by atoms with Crippen LogP contribution in [-0.4, -0.2) is 14.4 Å². The highest BCUT2D eigenvalue weighted by Crippen LogP contribution is 2.25. The Labute approximate surface area is 130 Å². The van der Waals surface area contributed by atoms with E-state index < -0.39 is 0 Å². The van der Waals surface area contributed by atoms with Gasteiger partial charge in [0.05, 0.1) is 6.04 Å². The second kappa shape index (κ2) is 5.50. The fourth-order valence-corrected chi connectivity index (χ4v) is 2.48. The fourth-order valence-electron chi connectivity index (χ4n) is 2.14. The summed E-state index contributed by atoms with van der Waals surface area (Å²) < 4.78 is 15.7. The minimum Gasteiger partial charge on any atom is -0.364 e. The van der Waals surface area contributed by atoms with E-state index in [1.54, 1.807) is 35.0 Å². The summed E-state index contributed by atoms with van der Waals surface area (Å²) in [4.78, 5) is 8.18. The van der Waals surface area contributed by atoms with Crippen LogP contribution in [0.2, 0.25) is 10.2 Å². The van der Waals surface area contributed by atoms with Crippen LogP contribution in [0.25, 0.3) is 5.78 Å². The molecular formula is C14H11Cl2FN4. The van der Waals surface area contributed by atoms with E-state index in [9.17, 15) is 4.39 Å². The van der Waals surface area contributed by atoms with E-state index in [0.29, 0.717) is 27.3 Å². The Hall–Kier alpha value is -1.85. The van der Waals surface area contributed by atoms with Crippen molar-refractivity contribution in [1.29, 1.82) is 0 Å². The molecule has 21 heavy (non-hydrogen) atoms. The first-order valence-corrected chi connectivity index (χ1v) is 7.01. The Morgan fingerprint density at radius 1 is 1.29 bits per heavy atom. The first-order valence-electron chi connectivity index (χ1n) is 6.25. The maximum atomic E-state index is 14.0. The predicted octanol–water partition coefficient (Wildman–Crippen LogP) is 4.35. The second-order valence-corrected chi connectivity index (χ2v) is 5.42. The Balaban J connectivity index is 1.96. The molecule has 1 atom stereocenters. The van der Waals surface area contributed by atoms with Crippen LogP contribution in [0.15, 0.2) is 36.7 Å². The summed E-state index contributed by atoms with van der Waals surface area (Å²) in [7, 11) is 0. The number of anilines is 1. The van der Waals surface area contributed by atoms with E-state index in [1.165, 1.54) is 6.07 Å². The van der Waals surface area contributed by atoms with Crippen LogP contribution in [0.5, 0.6) is 0 Å². The third kappa shape index (κ3) is 2.80. The number of benzene rings is 1.